The van der Waals surface area contributed by atoms with Crippen LogP contribution in [0.25, 0.3) is 0 Å². The Morgan fingerprint density at radius 2 is 1.78 bits per heavy atom. The van der Waals surface area contributed by atoms with Crippen molar-refractivity contribution >= 4 is 15.9 Å². The lowest BCUT2D eigenvalue weighted by Gasteiger charge is -2.21. The van der Waals surface area contributed by atoms with Gasteiger partial charge in [-0.15, -0.1) is 0 Å². The van der Waals surface area contributed by atoms with Crippen LogP contribution >= 0.6 is 0 Å². The van der Waals surface area contributed by atoms with E-state index in [1.54, 1.807) is 12.1 Å². The zero-order chi connectivity index (χ0) is 14.1. The highest BCUT2D eigenvalue weighted by Gasteiger charge is 2.24. The molecule has 0 aliphatic rings. The summed E-state index contributed by atoms with van der Waals surface area (Å²) in [6.45, 7) is 7.25. The topological polar surface area (TPSA) is 54.5 Å². The van der Waals surface area contributed by atoms with Crippen molar-refractivity contribution in [3.8, 4) is 0 Å². The molecule has 1 rings (SSSR count). The second-order valence-corrected chi connectivity index (χ2v) is 7.24. The van der Waals surface area contributed by atoms with Crippen molar-refractivity contribution in [2.75, 3.05) is 7.05 Å². The van der Waals surface area contributed by atoms with Gasteiger partial charge in [-0.1, -0.05) is 32.9 Å². The van der Waals surface area contributed by atoms with Gasteiger partial charge in [-0.05, 0) is 23.1 Å². The molecular formula is C13H19NO3S. The van der Waals surface area contributed by atoms with Gasteiger partial charge in [0.2, 0.25) is 5.91 Å². The Hall–Kier alpha value is -1.36. The van der Waals surface area contributed by atoms with E-state index in [4.69, 9.17) is 0 Å². The number of nitrogens with zero attached hydrogens (tertiary/aromatic N) is 1. The fraction of sp³-hybridized carbons (Fsp3) is 0.462. The SMILES string of the molecule is CC(=O)N(C)S(=O)(=O)c1cccc(C(C)(C)C)c1. The van der Waals surface area contributed by atoms with E-state index in [9.17, 15) is 13.2 Å². The molecule has 0 radical (unpaired) electrons. The molecule has 0 aromatic heterocycles. The minimum absolute atomic E-state index is 0.139. The maximum absolute atomic E-state index is 12.2. The van der Waals surface area contributed by atoms with Crippen LogP contribution < -0.4 is 0 Å². The summed E-state index contributed by atoms with van der Waals surface area (Å²) in [4.78, 5) is 11.3. The van der Waals surface area contributed by atoms with Gasteiger partial charge in [0.05, 0.1) is 4.90 Å². The zero-order valence-corrected chi connectivity index (χ0v) is 12.2. The number of sulfonamides is 1. The molecule has 0 heterocycles. The first-order chi connectivity index (χ1) is 8.06. The number of hydrogen-bond donors (Lipinski definition) is 0. The highest BCUT2D eigenvalue weighted by atomic mass is 32.2. The molecule has 0 unspecified atom stereocenters. The third kappa shape index (κ3) is 2.90. The summed E-state index contributed by atoms with van der Waals surface area (Å²) in [5, 5.41) is 0. The number of rotatable bonds is 2. The Kier molecular flexibility index (Phi) is 3.86. The third-order valence-electron chi connectivity index (χ3n) is 2.80. The van der Waals surface area contributed by atoms with E-state index < -0.39 is 15.9 Å². The van der Waals surface area contributed by atoms with Crippen molar-refractivity contribution in [2.24, 2.45) is 0 Å². The van der Waals surface area contributed by atoms with Crippen molar-refractivity contribution in [2.45, 2.75) is 38.0 Å². The lowest BCUT2D eigenvalue weighted by atomic mass is 9.87. The minimum atomic E-state index is -3.74. The van der Waals surface area contributed by atoms with E-state index in [0.29, 0.717) is 0 Å². The molecular weight excluding hydrogens is 250 g/mol. The van der Waals surface area contributed by atoms with Gasteiger partial charge >= 0.3 is 0 Å². The van der Waals surface area contributed by atoms with Gasteiger partial charge < -0.3 is 0 Å². The van der Waals surface area contributed by atoms with Gasteiger partial charge in [-0.3, -0.25) is 4.79 Å². The molecule has 0 N–H and O–H groups in total. The minimum Gasteiger partial charge on any atom is -0.274 e. The van der Waals surface area contributed by atoms with Crippen LogP contribution in [0.2, 0.25) is 0 Å². The lowest BCUT2D eigenvalue weighted by Crippen LogP contribution is -2.31. The standard InChI is InChI=1S/C13H19NO3S/c1-10(15)14(5)18(16,17)12-8-6-7-11(9-12)13(2,3)4/h6-9H,1-5H3. The van der Waals surface area contributed by atoms with Crippen LogP contribution in [-0.4, -0.2) is 25.7 Å². The first-order valence-electron chi connectivity index (χ1n) is 5.67. The summed E-state index contributed by atoms with van der Waals surface area (Å²) in [5.74, 6) is -0.504. The summed E-state index contributed by atoms with van der Waals surface area (Å²) in [7, 11) is -2.47. The number of amides is 1. The van der Waals surface area contributed by atoms with Crippen LogP contribution in [0.5, 0.6) is 0 Å². The molecule has 1 aromatic carbocycles. The Morgan fingerprint density at radius 3 is 2.22 bits per heavy atom. The summed E-state index contributed by atoms with van der Waals surface area (Å²) in [6, 6.07) is 6.70. The fourth-order valence-electron chi connectivity index (χ4n) is 1.45. The van der Waals surface area contributed by atoms with Crippen molar-refractivity contribution in [1.82, 2.24) is 4.31 Å². The third-order valence-corrected chi connectivity index (χ3v) is 4.63. The van der Waals surface area contributed by atoms with Gasteiger partial charge in [-0.25, -0.2) is 12.7 Å². The normalized spacial score (nSPS) is 12.3. The summed E-state index contributed by atoms with van der Waals surface area (Å²) >= 11 is 0. The van der Waals surface area contributed by atoms with Crippen LogP contribution in [0.15, 0.2) is 29.2 Å². The quantitative estimate of drug-likeness (QED) is 0.826. The van der Waals surface area contributed by atoms with Crippen molar-refractivity contribution in [3.63, 3.8) is 0 Å². The van der Waals surface area contributed by atoms with Crippen molar-refractivity contribution < 1.29 is 13.2 Å². The molecule has 0 saturated heterocycles. The molecule has 0 atom stereocenters. The van der Waals surface area contributed by atoms with Gasteiger partial charge in [0.15, 0.2) is 0 Å². The summed E-state index contributed by atoms with van der Waals surface area (Å²) < 4.78 is 25.1. The highest BCUT2D eigenvalue weighted by Crippen LogP contribution is 2.25. The Balaban J connectivity index is 3.31. The van der Waals surface area contributed by atoms with E-state index in [1.807, 2.05) is 26.8 Å². The summed E-state index contributed by atoms with van der Waals surface area (Å²) in [6.07, 6.45) is 0. The monoisotopic (exact) mass is 269 g/mol. The first kappa shape index (κ1) is 14.7. The van der Waals surface area contributed by atoms with Crippen LogP contribution in [0.1, 0.15) is 33.3 Å². The van der Waals surface area contributed by atoms with E-state index in [0.717, 1.165) is 9.87 Å². The van der Waals surface area contributed by atoms with E-state index >= 15 is 0 Å². The molecule has 0 bridgehead atoms. The van der Waals surface area contributed by atoms with Crippen molar-refractivity contribution in [3.05, 3.63) is 29.8 Å². The predicted octanol–water partition coefficient (Wildman–Crippen LogP) is 2.15. The molecule has 0 aliphatic carbocycles. The average Bonchev–Trinajstić information content (AvgIpc) is 2.27. The molecule has 0 fully saturated rings. The Morgan fingerprint density at radius 1 is 1.22 bits per heavy atom. The molecule has 1 amide bonds. The van der Waals surface area contributed by atoms with Gasteiger partial charge in [-0.2, -0.15) is 0 Å². The smallest absolute Gasteiger partial charge is 0.266 e. The number of carbonyl (C=O) groups is 1. The maximum Gasteiger partial charge on any atom is 0.266 e. The average molecular weight is 269 g/mol. The van der Waals surface area contributed by atoms with Crippen LogP contribution in [-0.2, 0) is 20.2 Å². The van der Waals surface area contributed by atoms with Gasteiger partial charge in [0.1, 0.15) is 0 Å². The lowest BCUT2D eigenvalue weighted by molar-refractivity contribution is -0.123. The maximum atomic E-state index is 12.2. The Bertz CT molecular complexity index is 556. The second kappa shape index (κ2) is 4.72. The highest BCUT2D eigenvalue weighted by molar-refractivity contribution is 7.89. The predicted molar refractivity (Wildman–Crippen MR) is 70.8 cm³/mol. The van der Waals surface area contributed by atoms with Crippen LogP contribution in [0.4, 0.5) is 0 Å². The van der Waals surface area contributed by atoms with Crippen molar-refractivity contribution in [1.29, 1.82) is 0 Å². The number of benzene rings is 1. The zero-order valence-electron chi connectivity index (χ0n) is 11.4. The molecule has 18 heavy (non-hydrogen) atoms. The molecule has 0 aliphatic heterocycles. The van der Waals surface area contributed by atoms with Crippen LogP contribution in [0, 0.1) is 0 Å². The second-order valence-electron chi connectivity index (χ2n) is 5.27. The molecule has 1 aromatic rings. The molecule has 0 saturated carbocycles. The number of hydrogen-bond acceptors (Lipinski definition) is 3. The largest absolute Gasteiger partial charge is 0.274 e. The first-order valence-corrected chi connectivity index (χ1v) is 7.11. The van der Waals surface area contributed by atoms with E-state index in [-0.39, 0.29) is 10.3 Å². The molecule has 4 nitrogen and oxygen atoms in total. The molecule has 100 valence electrons. The van der Waals surface area contributed by atoms with E-state index in [1.165, 1.54) is 20.0 Å². The fourth-order valence-corrected chi connectivity index (χ4v) is 2.63. The number of carbonyl (C=O) groups excluding carboxylic acids is 1. The van der Waals surface area contributed by atoms with Crippen LogP contribution in [0.3, 0.4) is 0 Å². The Labute approximate surface area is 109 Å². The molecule has 5 heteroatoms. The molecule has 0 spiro atoms. The van der Waals surface area contributed by atoms with Gasteiger partial charge in [0, 0.05) is 14.0 Å². The van der Waals surface area contributed by atoms with E-state index in [2.05, 4.69) is 0 Å². The summed E-state index contributed by atoms with van der Waals surface area (Å²) in [5.41, 5.74) is 0.779. The van der Waals surface area contributed by atoms with Gasteiger partial charge in [0.25, 0.3) is 10.0 Å².